The number of carbonyl (C=O) groups is 1. The first-order valence-corrected chi connectivity index (χ1v) is 8.34. The Morgan fingerprint density at radius 3 is 2.67 bits per heavy atom. The molecule has 0 bridgehead atoms. The molecule has 7 heteroatoms. The van der Waals surface area contributed by atoms with Gasteiger partial charge in [0.2, 0.25) is 0 Å². The number of thiophene rings is 1. The number of rotatable bonds is 3. The molecule has 0 saturated heterocycles. The smallest absolute Gasteiger partial charge is 0.339 e. The molecule has 106 valence electrons. The van der Waals surface area contributed by atoms with Gasteiger partial charge in [0.05, 0.1) is 10.6 Å². The van der Waals surface area contributed by atoms with Crippen LogP contribution in [0.2, 0.25) is 0 Å². The molecule has 0 saturated carbocycles. The van der Waals surface area contributed by atoms with E-state index < -0.39 is 5.97 Å². The third-order valence-corrected chi connectivity index (χ3v) is 5.01. The van der Waals surface area contributed by atoms with Crippen molar-refractivity contribution in [1.29, 1.82) is 0 Å². The number of aromatic nitrogens is 2. The predicted octanol–water partition coefficient (Wildman–Crippen LogP) is 4.82. The second kappa shape index (κ2) is 5.75. The first-order chi connectivity index (χ1) is 10.0. The van der Waals surface area contributed by atoms with E-state index >= 15 is 0 Å². The summed E-state index contributed by atoms with van der Waals surface area (Å²) in [7, 11) is 0. The third kappa shape index (κ3) is 2.95. The predicted molar refractivity (Wildman–Crippen MR) is 89.2 cm³/mol. The maximum Gasteiger partial charge on any atom is 0.339 e. The molecule has 4 nitrogen and oxygen atoms in total. The highest BCUT2D eigenvalue weighted by Gasteiger charge is 2.19. The van der Waals surface area contributed by atoms with Crippen molar-refractivity contribution in [2.24, 2.45) is 0 Å². The van der Waals surface area contributed by atoms with Crippen molar-refractivity contribution in [2.75, 3.05) is 0 Å². The Bertz CT molecular complexity index is 826. The summed E-state index contributed by atoms with van der Waals surface area (Å²) in [5.41, 5.74) is 1.45. The van der Waals surface area contributed by atoms with Gasteiger partial charge in [-0.15, -0.1) is 11.3 Å². The van der Waals surface area contributed by atoms with Crippen molar-refractivity contribution >= 4 is 49.2 Å². The number of benzene rings is 1. The zero-order valence-electron chi connectivity index (χ0n) is 10.5. The highest BCUT2D eigenvalue weighted by atomic mass is 79.9. The monoisotopic (exact) mass is 426 g/mol. The third-order valence-electron chi connectivity index (χ3n) is 2.82. The molecule has 2 aromatic heterocycles. The van der Waals surface area contributed by atoms with Crippen molar-refractivity contribution in [3.8, 4) is 16.3 Å². The average molecular weight is 428 g/mol. The molecule has 1 N–H and O–H groups in total. The lowest BCUT2D eigenvalue weighted by atomic mass is 10.2. The topological polar surface area (TPSA) is 55.1 Å². The van der Waals surface area contributed by atoms with E-state index in [1.807, 2.05) is 35.7 Å². The first kappa shape index (κ1) is 14.5. The first-order valence-electron chi connectivity index (χ1n) is 5.88. The van der Waals surface area contributed by atoms with Gasteiger partial charge >= 0.3 is 5.97 Å². The molecule has 0 atom stereocenters. The molecule has 2 heterocycles. The molecule has 0 fully saturated rings. The van der Waals surface area contributed by atoms with Crippen LogP contribution >= 0.6 is 43.2 Å². The molecule has 0 aliphatic rings. The second-order valence-corrected chi connectivity index (χ2v) is 6.99. The summed E-state index contributed by atoms with van der Waals surface area (Å²) in [6, 6.07) is 9.40. The highest BCUT2D eigenvalue weighted by Crippen LogP contribution is 2.32. The molecule has 0 radical (unpaired) electrons. The number of carboxylic acids is 1. The minimum Gasteiger partial charge on any atom is -0.478 e. The summed E-state index contributed by atoms with van der Waals surface area (Å²) in [4.78, 5) is 12.3. The van der Waals surface area contributed by atoms with Gasteiger partial charge in [0.1, 0.15) is 11.3 Å². The zero-order chi connectivity index (χ0) is 15.0. The quantitative estimate of drug-likeness (QED) is 0.651. The Labute approximate surface area is 141 Å². The number of halogens is 2. The molecule has 1 aromatic carbocycles. The van der Waals surface area contributed by atoms with Gasteiger partial charge in [-0.25, -0.2) is 9.48 Å². The van der Waals surface area contributed by atoms with Gasteiger partial charge in [0.15, 0.2) is 0 Å². The summed E-state index contributed by atoms with van der Waals surface area (Å²) in [5, 5.41) is 15.7. The lowest BCUT2D eigenvalue weighted by Crippen LogP contribution is -1.96. The summed E-state index contributed by atoms with van der Waals surface area (Å²) >= 11 is 8.23. The van der Waals surface area contributed by atoms with Crippen LogP contribution in [0, 0.1) is 0 Å². The summed E-state index contributed by atoms with van der Waals surface area (Å²) in [6.07, 6.45) is 1.53. The van der Waals surface area contributed by atoms with Crippen molar-refractivity contribution in [3.63, 3.8) is 0 Å². The Balaban J connectivity index is 2.15. The van der Waals surface area contributed by atoms with E-state index in [0.29, 0.717) is 5.69 Å². The van der Waals surface area contributed by atoms with Crippen LogP contribution in [-0.4, -0.2) is 20.9 Å². The fourth-order valence-corrected chi connectivity index (χ4v) is 3.71. The van der Waals surface area contributed by atoms with E-state index in [1.165, 1.54) is 17.5 Å². The molecular formula is C14H8Br2N2O2S. The highest BCUT2D eigenvalue weighted by molar-refractivity contribution is 9.10. The number of carboxylic acid groups (broad SMARTS) is 1. The molecular weight excluding hydrogens is 420 g/mol. The molecule has 21 heavy (non-hydrogen) atoms. The second-order valence-electron chi connectivity index (χ2n) is 4.25. The van der Waals surface area contributed by atoms with E-state index in [9.17, 15) is 9.90 Å². The average Bonchev–Trinajstić information content (AvgIpc) is 3.04. The number of nitrogens with zero attached hydrogens (tertiary/aromatic N) is 2. The van der Waals surface area contributed by atoms with Gasteiger partial charge in [0, 0.05) is 20.5 Å². The summed E-state index contributed by atoms with van der Waals surface area (Å²) < 4.78 is 3.40. The van der Waals surface area contributed by atoms with Gasteiger partial charge in [0.25, 0.3) is 0 Å². The Morgan fingerprint density at radius 1 is 1.24 bits per heavy atom. The van der Waals surface area contributed by atoms with Crippen LogP contribution in [0.15, 0.2) is 50.9 Å². The van der Waals surface area contributed by atoms with Crippen LogP contribution in [0.3, 0.4) is 0 Å². The van der Waals surface area contributed by atoms with Crippen molar-refractivity contribution in [1.82, 2.24) is 9.78 Å². The van der Waals surface area contributed by atoms with Crippen LogP contribution in [0.1, 0.15) is 10.4 Å². The van der Waals surface area contributed by atoms with Crippen LogP contribution < -0.4 is 0 Å². The largest absolute Gasteiger partial charge is 0.478 e. The van der Waals surface area contributed by atoms with Crippen LogP contribution in [0.25, 0.3) is 16.3 Å². The minimum atomic E-state index is -0.990. The van der Waals surface area contributed by atoms with Gasteiger partial charge in [-0.2, -0.15) is 5.10 Å². The maximum absolute atomic E-state index is 11.4. The fourth-order valence-electron chi connectivity index (χ4n) is 1.90. The van der Waals surface area contributed by atoms with Gasteiger partial charge in [-0.3, -0.25) is 0 Å². The lowest BCUT2D eigenvalue weighted by Gasteiger charge is -2.00. The minimum absolute atomic E-state index is 0.185. The van der Waals surface area contributed by atoms with Crippen molar-refractivity contribution in [3.05, 3.63) is 56.4 Å². The summed E-state index contributed by atoms with van der Waals surface area (Å²) in [6.45, 7) is 0. The number of hydrogen-bond acceptors (Lipinski definition) is 3. The SMILES string of the molecule is O=C(O)c1cn(-c2cccc(Br)c2)nc1-c1cc(Br)cs1. The number of hydrogen-bond donors (Lipinski definition) is 1. The lowest BCUT2D eigenvalue weighted by molar-refractivity contribution is 0.0697. The standard InChI is InChI=1S/C14H8Br2N2O2S/c15-8-2-1-3-10(4-8)18-6-11(14(19)20)13(17-18)12-5-9(16)7-21-12/h1-7H,(H,19,20). The van der Waals surface area contributed by atoms with Crippen molar-refractivity contribution < 1.29 is 9.90 Å². The Hall–Kier alpha value is -1.44. The number of aromatic carboxylic acids is 1. The van der Waals surface area contributed by atoms with Gasteiger partial charge < -0.3 is 5.11 Å². The molecule has 3 aromatic rings. The van der Waals surface area contributed by atoms with Crippen molar-refractivity contribution in [2.45, 2.75) is 0 Å². The molecule has 0 amide bonds. The van der Waals surface area contributed by atoms with Gasteiger partial charge in [-0.1, -0.05) is 22.0 Å². The Morgan fingerprint density at radius 2 is 2.05 bits per heavy atom. The van der Waals surface area contributed by atoms with Crippen LogP contribution in [0.5, 0.6) is 0 Å². The van der Waals surface area contributed by atoms with E-state index in [-0.39, 0.29) is 5.56 Å². The summed E-state index contributed by atoms with van der Waals surface area (Å²) in [5.74, 6) is -0.990. The molecule has 0 aliphatic carbocycles. The van der Waals surface area contributed by atoms with E-state index in [1.54, 1.807) is 4.68 Å². The molecule has 0 spiro atoms. The molecule has 0 unspecified atom stereocenters. The van der Waals surface area contributed by atoms with E-state index in [4.69, 9.17) is 0 Å². The van der Waals surface area contributed by atoms with Crippen LogP contribution in [0.4, 0.5) is 0 Å². The maximum atomic E-state index is 11.4. The molecule has 3 rings (SSSR count). The normalized spacial score (nSPS) is 10.8. The fraction of sp³-hybridized carbons (Fsp3) is 0. The Kier molecular flexibility index (Phi) is 3.97. The van der Waals surface area contributed by atoms with E-state index in [2.05, 4.69) is 37.0 Å². The van der Waals surface area contributed by atoms with Gasteiger partial charge in [-0.05, 0) is 40.2 Å². The molecule has 0 aliphatic heterocycles. The van der Waals surface area contributed by atoms with E-state index in [0.717, 1.165) is 19.5 Å². The zero-order valence-corrected chi connectivity index (χ0v) is 14.4. The van der Waals surface area contributed by atoms with Crippen LogP contribution in [-0.2, 0) is 0 Å².